The van der Waals surface area contributed by atoms with E-state index in [4.69, 9.17) is 4.74 Å². The lowest BCUT2D eigenvalue weighted by molar-refractivity contribution is 0.132. The standard InChI is InChI=1S/C13H20BrNO/c1-2-9-16-10-5-8-15-11-12-6-3-4-7-13(12)14/h3-4,6-7,15H,2,5,8-11H2,1H3. The summed E-state index contributed by atoms with van der Waals surface area (Å²) in [5.74, 6) is 0. The van der Waals surface area contributed by atoms with E-state index in [1.54, 1.807) is 0 Å². The molecule has 0 amide bonds. The van der Waals surface area contributed by atoms with Gasteiger partial charge in [0, 0.05) is 24.2 Å². The molecule has 90 valence electrons. The lowest BCUT2D eigenvalue weighted by atomic mass is 10.2. The van der Waals surface area contributed by atoms with Gasteiger partial charge < -0.3 is 10.1 Å². The molecule has 1 aromatic rings. The van der Waals surface area contributed by atoms with Gasteiger partial charge in [0.05, 0.1) is 0 Å². The van der Waals surface area contributed by atoms with Crippen LogP contribution in [-0.2, 0) is 11.3 Å². The van der Waals surface area contributed by atoms with Crippen LogP contribution in [0.1, 0.15) is 25.3 Å². The van der Waals surface area contributed by atoms with Crippen molar-refractivity contribution in [1.29, 1.82) is 0 Å². The van der Waals surface area contributed by atoms with E-state index in [0.717, 1.165) is 39.1 Å². The second-order valence-electron chi connectivity index (χ2n) is 3.73. The Morgan fingerprint density at radius 1 is 1.25 bits per heavy atom. The third-order valence-corrected chi connectivity index (χ3v) is 3.04. The largest absolute Gasteiger partial charge is 0.381 e. The van der Waals surface area contributed by atoms with Crippen LogP contribution < -0.4 is 5.32 Å². The summed E-state index contributed by atoms with van der Waals surface area (Å²) in [6.07, 6.45) is 2.18. The summed E-state index contributed by atoms with van der Waals surface area (Å²) in [6, 6.07) is 8.30. The van der Waals surface area contributed by atoms with E-state index < -0.39 is 0 Å². The molecule has 0 radical (unpaired) electrons. The molecule has 0 aliphatic carbocycles. The van der Waals surface area contributed by atoms with Crippen LogP contribution in [0.15, 0.2) is 28.7 Å². The molecule has 16 heavy (non-hydrogen) atoms. The van der Waals surface area contributed by atoms with Gasteiger partial charge in [0.1, 0.15) is 0 Å². The van der Waals surface area contributed by atoms with E-state index in [9.17, 15) is 0 Å². The minimum absolute atomic E-state index is 0.858. The Morgan fingerprint density at radius 2 is 2.06 bits per heavy atom. The Kier molecular flexibility index (Phi) is 7.47. The van der Waals surface area contributed by atoms with E-state index >= 15 is 0 Å². The van der Waals surface area contributed by atoms with E-state index in [0.29, 0.717) is 0 Å². The predicted octanol–water partition coefficient (Wildman–Crippen LogP) is 3.36. The average molecular weight is 286 g/mol. The summed E-state index contributed by atoms with van der Waals surface area (Å²) >= 11 is 3.53. The Morgan fingerprint density at radius 3 is 2.81 bits per heavy atom. The van der Waals surface area contributed by atoms with Crippen molar-refractivity contribution in [2.45, 2.75) is 26.3 Å². The lowest BCUT2D eigenvalue weighted by Gasteiger charge is -2.07. The highest BCUT2D eigenvalue weighted by Crippen LogP contribution is 2.15. The van der Waals surface area contributed by atoms with Crippen molar-refractivity contribution in [3.8, 4) is 0 Å². The quantitative estimate of drug-likeness (QED) is 0.740. The summed E-state index contributed by atoms with van der Waals surface area (Å²) in [5, 5.41) is 3.41. The maximum Gasteiger partial charge on any atom is 0.0478 e. The van der Waals surface area contributed by atoms with Gasteiger partial charge in [-0.3, -0.25) is 0 Å². The Hall–Kier alpha value is -0.380. The van der Waals surface area contributed by atoms with Gasteiger partial charge in [0.2, 0.25) is 0 Å². The summed E-state index contributed by atoms with van der Waals surface area (Å²) < 4.78 is 6.58. The number of ether oxygens (including phenoxy) is 1. The molecule has 0 saturated heterocycles. The molecule has 0 heterocycles. The summed E-state index contributed by atoms with van der Waals surface area (Å²) in [7, 11) is 0. The second kappa shape index (κ2) is 8.74. The Bertz CT molecular complexity index is 291. The highest BCUT2D eigenvalue weighted by atomic mass is 79.9. The van der Waals surface area contributed by atoms with Gasteiger partial charge in [-0.25, -0.2) is 0 Å². The van der Waals surface area contributed by atoms with Gasteiger partial charge in [0.25, 0.3) is 0 Å². The first-order valence-electron chi connectivity index (χ1n) is 5.86. The van der Waals surface area contributed by atoms with Crippen LogP contribution >= 0.6 is 15.9 Å². The molecule has 0 aliphatic heterocycles. The SMILES string of the molecule is CCCOCCCNCc1ccccc1Br. The summed E-state index contributed by atoms with van der Waals surface area (Å²) in [6.45, 7) is 5.78. The van der Waals surface area contributed by atoms with Crippen LogP contribution in [-0.4, -0.2) is 19.8 Å². The number of hydrogen-bond donors (Lipinski definition) is 1. The van der Waals surface area contributed by atoms with Crippen molar-refractivity contribution in [3.63, 3.8) is 0 Å². The zero-order chi connectivity index (χ0) is 11.6. The van der Waals surface area contributed by atoms with E-state index in [1.807, 2.05) is 6.07 Å². The molecule has 0 bridgehead atoms. The molecule has 1 N–H and O–H groups in total. The van der Waals surface area contributed by atoms with E-state index in [2.05, 4.69) is 46.4 Å². The molecular weight excluding hydrogens is 266 g/mol. The van der Waals surface area contributed by atoms with Crippen molar-refractivity contribution in [3.05, 3.63) is 34.3 Å². The number of hydrogen-bond acceptors (Lipinski definition) is 2. The third-order valence-electron chi connectivity index (χ3n) is 2.26. The van der Waals surface area contributed by atoms with Crippen LogP contribution in [0, 0.1) is 0 Å². The minimum Gasteiger partial charge on any atom is -0.381 e. The molecule has 0 saturated carbocycles. The molecule has 0 atom stereocenters. The first-order valence-corrected chi connectivity index (χ1v) is 6.65. The fourth-order valence-corrected chi connectivity index (χ4v) is 1.84. The zero-order valence-corrected chi connectivity index (χ0v) is 11.4. The van der Waals surface area contributed by atoms with Crippen molar-refractivity contribution in [2.75, 3.05) is 19.8 Å². The Balaban J connectivity index is 2.05. The number of benzene rings is 1. The van der Waals surface area contributed by atoms with Gasteiger partial charge in [-0.15, -0.1) is 0 Å². The maximum absolute atomic E-state index is 5.41. The van der Waals surface area contributed by atoms with Crippen molar-refractivity contribution < 1.29 is 4.74 Å². The molecule has 0 aliphatic rings. The van der Waals surface area contributed by atoms with Crippen LogP contribution in [0.3, 0.4) is 0 Å². The number of rotatable bonds is 8. The fraction of sp³-hybridized carbons (Fsp3) is 0.538. The normalized spacial score (nSPS) is 10.6. The second-order valence-corrected chi connectivity index (χ2v) is 4.59. The minimum atomic E-state index is 0.858. The zero-order valence-electron chi connectivity index (χ0n) is 9.84. The molecule has 1 aromatic carbocycles. The monoisotopic (exact) mass is 285 g/mol. The lowest BCUT2D eigenvalue weighted by Crippen LogP contribution is -2.16. The molecule has 0 aromatic heterocycles. The van der Waals surface area contributed by atoms with Crippen LogP contribution in [0.5, 0.6) is 0 Å². The average Bonchev–Trinajstić information content (AvgIpc) is 2.30. The first kappa shape index (κ1) is 13.7. The molecule has 1 rings (SSSR count). The van der Waals surface area contributed by atoms with Crippen LogP contribution in [0.4, 0.5) is 0 Å². The summed E-state index contributed by atoms with van der Waals surface area (Å²) in [4.78, 5) is 0. The smallest absolute Gasteiger partial charge is 0.0478 e. The predicted molar refractivity (Wildman–Crippen MR) is 71.6 cm³/mol. The van der Waals surface area contributed by atoms with E-state index in [1.165, 1.54) is 10.0 Å². The molecule has 0 spiro atoms. The molecule has 2 nitrogen and oxygen atoms in total. The van der Waals surface area contributed by atoms with Gasteiger partial charge in [-0.2, -0.15) is 0 Å². The van der Waals surface area contributed by atoms with Crippen molar-refractivity contribution in [1.82, 2.24) is 5.32 Å². The first-order chi connectivity index (χ1) is 7.84. The van der Waals surface area contributed by atoms with E-state index in [-0.39, 0.29) is 0 Å². The van der Waals surface area contributed by atoms with Gasteiger partial charge in [-0.1, -0.05) is 41.1 Å². The third kappa shape index (κ3) is 5.64. The van der Waals surface area contributed by atoms with Gasteiger partial charge in [0.15, 0.2) is 0 Å². The van der Waals surface area contributed by atoms with Gasteiger partial charge in [-0.05, 0) is 31.0 Å². The highest BCUT2D eigenvalue weighted by molar-refractivity contribution is 9.10. The van der Waals surface area contributed by atoms with Gasteiger partial charge >= 0.3 is 0 Å². The number of nitrogens with one attached hydrogen (secondary N) is 1. The highest BCUT2D eigenvalue weighted by Gasteiger charge is 1.96. The summed E-state index contributed by atoms with van der Waals surface area (Å²) in [5.41, 5.74) is 1.30. The molecule has 0 unspecified atom stereocenters. The topological polar surface area (TPSA) is 21.3 Å². The van der Waals surface area contributed by atoms with Crippen LogP contribution in [0.25, 0.3) is 0 Å². The maximum atomic E-state index is 5.41. The Labute approximate surface area is 107 Å². The van der Waals surface area contributed by atoms with Crippen molar-refractivity contribution in [2.24, 2.45) is 0 Å². The molecular formula is C13H20BrNO. The molecule has 3 heteroatoms. The number of halogens is 1. The molecule has 0 fully saturated rings. The van der Waals surface area contributed by atoms with Crippen molar-refractivity contribution >= 4 is 15.9 Å². The van der Waals surface area contributed by atoms with Crippen LogP contribution in [0.2, 0.25) is 0 Å². The fourth-order valence-electron chi connectivity index (χ4n) is 1.41.